The van der Waals surface area contributed by atoms with E-state index in [4.69, 9.17) is 5.73 Å². The van der Waals surface area contributed by atoms with Crippen LogP contribution in [0.3, 0.4) is 0 Å². The average molecular weight is 423 g/mol. The third kappa shape index (κ3) is 5.47. The van der Waals surface area contributed by atoms with Crippen molar-refractivity contribution in [2.75, 3.05) is 17.7 Å². The van der Waals surface area contributed by atoms with E-state index in [1.807, 2.05) is 0 Å². The van der Waals surface area contributed by atoms with Crippen LogP contribution in [0.4, 0.5) is 18.9 Å². The maximum absolute atomic E-state index is 13.6. The van der Waals surface area contributed by atoms with E-state index < -0.39 is 24.5 Å². The van der Waals surface area contributed by atoms with Crippen molar-refractivity contribution in [2.45, 2.75) is 31.2 Å². The molecule has 154 valence electrons. The zero-order valence-electron chi connectivity index (χ0n) is 15.4. The molecule has 0 spiro atoms. The van der Waals surface area contributed by atoms with Gasteiger partial charge in [0, 0.05) is 35.1 Å². The van der Waals surface area contributed by atoms with E-state index in [9.17, 15) is 18.0 Å². The van der Waals surface area contributed by atoms with Gasteiger partial charge in [0.1, 0.15) is 12.4 Å². The third-order valence-corrected chi connectivity index (χ3v) is 5.40. The molecule has 0 radical (unpaired) electrons. The SMILES string of the molecule is NC1=N[C@](CF)(CCc2cc(NC(=O)c3ccc(C(F)F)cn3)ccn2)CCS1. The molecule has 2 aromatic rings. The van der Waals surface area contributed by atoms with Crippen LogP contribution in [-0.2, 0) is 6.42 Å². The van der Waals surface area contributed by atoms with E-state index in [0.29, 0.717) is 35.8 Å². The molecule has 6 nitrogen and oxygen atoms in total. The Labute approximate surface area is 170 Å². The standard InChI is InChI=1S/C19H20F3N5OS/c20-11-19(6-8-29-18(23)27-19)5-3-13-9-14(4-7-24-13)26-17(28)15-2-1-12(10-25-15)16(21)22/h1-2,4,7,9-10,16H,3,5-6,8,11H2,(H2,23,27)(H,24,26,28)/t19-/m1/s1. The lowest BCUT2D eigenvalue weighted by Gasteiger charge is -2.30. The van der Waals surface area contributed by atoms with E-state index in [2.05, 4.69) is 20.3 Å². The topological polar surface area (TPSA) is 93.3 Å². The van der Waals surface area contributed by atoms with Crippen molar-refractivity contribution in [3.63, 3.8) is 0 Å². The van der Waals surface area contributed by atoms with Gasteiger partial charge < -0.3 is 11.1 Å². The van der Waals surface area contributed by atoms with Crippen LogP contribution in [0.15, 0.2) is 41.7 Å². The van der Waals surface area contributed by atoms with Gasteiger partial charge in [-0.2, -0.15) is 0 Å². The molecule has 10 heteroatoms. The first-order valence-electron chi connectivity index (χ1n) is 8.95. The summed E-state index contributed by atoms with van der Waals surface area (Å²) in [6.07, 6.45) is 1.39. The fourth-order valence-electron chi connectivity index (χ4n) is 2.93. The summed E-state index contributed by atoms with van der Waals surface area (Å²) in [7, 11) is 0. The van der Waals surface area contributed by atoms with Crippen LogP contribution in [0.1, 0.15) is 41.0 Å². The molecule has 3 rings (SSSR count). The van der Waals surface area contributed by atoms with Gasteiger partial charge in [-0.15, -0.1) is 0 Å². The number of anilines is 1. The van der Waals surface area contributed by atoms with E-state index in [-0.39, 0.29) is 11.3 Å². The van der Waals surface area contributed by atoms with Gasteiger partial charge in [0.2, 0.25) is 0 Å². The number of nitrogens with one attached hydrogen (secondary N) is 1. The Morgan fingerprint density at radius 3 is 2.79 bits per heavy atom. The quantitative estimate of drug-likeness (QED) is 0.707. The molecule has 3 heterocycles. The minimum absolute atomic E-state index is 0.0219. The van der Waals surface area contributed by atoms with Gasteiger partial charge in [0.15, 0.2) is 5.17 Å². The minimum Gasteiger partial charge on any atom is -0.379 e. The van der Waals surface area contributed by atoms with Gasteiger partial charge >= 0.3 is 0 Å². The number of amides is 1. The van der Waals surface area contributed by atoms with Gasteiger partial charge in [0.25, 0.3) is 12.3 Å². The van der Waals surface area contributed by atoms with Crippen LogP contribution in [0, 0.1) is 0 Å². The molecule has 0 bridgehead atoms. The highest BCUT2D eigenvalue weighted by molar-refractivity contribution is 8.13. The van der Waals surface area contributed by atoms with E-state index in [1.165, 1.54) is 24.0 Å². The zero-order chi connectivity index (χ0) is 20.9. The summed E-state index contributed by atoms with van der Waals surface area (Å²) in [6.45, 7) is -0.592. The molecule has 1 atom stereocenters. The lowest BCUT2D eigenvalue weighted by molar-refractivity contribution is 0.102. The molecule has 3 N–H and O–H groups in total. The van der Waals surface area contributed by atoms with Gasteiger partial charge in [-0.05, 0) is 43.5 Å². The second-order valence-electron chi connectivity index (χ2n) is 6.67. The second-order valence-corrected chi connectivity index (χ2v) is 7.79. The average Bonchev–Trinajstić information content (AvgIpc) is 2.72. The molecule has 0 unspecified atom stereocenters. The Hall–Kier alpha value is -2.62. The van der Waals surface area contributed by atoms with Gasteiger partial charge in [-0.3, -0.25) is 19.8 Å². The van der Waals surface area contributed by atoms with Crippen molar-refractivity contribution >= 4 is 28.5 Å². The number of aryl methyl sites for hydroxylation is 1. The highest BCUT2D eigenvalue weighted by atomic mass is 32.2. The maximum Gasteiger partial charge on any atom is 0.274 e. The number of carbonyl (C=O) groups is 1. The summed E-state index contributed by atoms with van der Waals surface area (Å²) >= 11 is 1.42. The van der Waals surface area contributed by atoms with Gasteiger partial charge in [-0.25, -0.2) is 13.2 Å². The predicted octanol–water partition coefficient (Wildman–Crippen LogP) is 3.76. The molecule has 0 aromatic carbocycles. The summed E-state index contributed by atoms with van der Waals surface area (Å²) in [5.74, 6) is 0.199. The van der Waals surface area contributed by atoms with Crippen LogP contribution in [-0.4, -0.2) is 39.0 Å². The number of alkyl halides is 3. The number of nitrogens with two attached hydrogens (primary N) is 1. The van der Waals surface area contributed by atoms with Crippen molar-refractivity contribution in [3.8, 4) is 0 Å². The first kappa shape index (κ1) is 21.1. The van der Waals surface area contributed by atoms with E-state index >= 15 is 0 Å². The minimum atomic E-state index is -2.64. The first-order chi connectivity index (χ1) is 13.9. The largest absolute Gasteiger partial charge is 0.379 e. The number of aliphatic imine (C=N–C) groups is 1. The highest BCUT2D eigenvalue weighted by Gasteiger charge is 2.32. The van der Waals surface area contributed by atoms with Gasteiger partial charge in [-0.1, -0.05) is 11.8 Å². The normalized spacial score (nSPS) is 19.1. The smallest absolute Gasteiger partial charge is 0.274 e. The maximum atomic E-state index is 13.6. The van der Waals surface area contributed by atoms with E-state index in [0.717, 1.165) is 18.0 Å². The first-order valence-corrected chi connectivity index (χ1v) is 9.94. The monoisotopic (exact) mass is 423 g/mol. The number of carbonyl (C=O) groups excluding carboxylic acids is 1. The van der Waals surface area contributed by atoms with Crippen molar-refractivity contribution in [1.82, 2.24) is 9.97 Å². The van der Waals surface area contributed by atoms with Gasteiger partial charge in [0.05, 0.1) is 5.54 Å². The Morgan fingerprint density at radius 2 is 2.14 bits per heavy atom. The number of thioether (sulfide) groups is 1. The lowest BCUT2D eigenvalue weighted by Crippen LogP contribution is -2.36. The Kier molecular flexibility index (Phi) is 6.73. The molecular formula is C19H20F3N5OS. The fraction of sp³-hybridized carbons (Fsp3) is 0.368. The number of aromatic nitrogens is 2. The number of amidine groups is 1. The van der Waals surface area contributed by atoms with Crippen LogP contribution < -0.4 is 11.1 Å². The summed E-state index contributed by atoms with van der Waals surface area (Å²) in [4.78, 5) is 24.6. The molecule has 0 aliphatic carbocycles. The number of hydrogen-bond donors (Lipinski definition) is 2. The Morgan fingerprint density at radius 1 is 1.31 bits per heavy atom. The van der Waals surface area contributed by atoms with Crippen LogP contribution in [0.25, 0.3) is 0 Å². The van der Waals surface area contributed by atoms with E-state index in [1.54, 1.807) is 12.1 Å². The van der Waals surface area contributed by atoms with Crippen molar-refractivity contribution in [3.05, 3.63) is 53.6 Å². The Balaban J connectivity index is 1.64. The van der Waals surface area contributed by atoms with Crippen molar-refractivity contribution < 1.29 is 18.0 Å². The number of pyridine rings is 2. The molecule has 0 fully saturated rings. The van der Waals surface area contributed by atoms with Crippen LogP contribution in [0.5, 0.6) is 0 Å². The van der Waals surface area contributed by atoms with Crippen LogP contribution >= 0.6 is 11.8 Å². The number of hydrogen-bond acceptors (Lipinski definition) is 6. The zero-order valence-corrected chi connectivity index (χ0v) is 16.3. The molecule has 0 saturated carbocycles. The molecule has 1 aliphatic heterocycles. The molecule has 29 heavy (non-hydrogen) atoms. The summed E-state index contributed by atoms with van der Waals surface area (Å²) in [6, 6.07) is 5.69. The molecular weight excluding hydrogens is 403 g/mol. The molecule has 2 aromatic heterocycles. The fourth-order valence-corrected chi connectivity index (χ4v) is 3.88. The van der Waals surface area contributed by atoms with Crippen molar-refractivity contribution in [1.29, 1.82) is 0 Å². The second kappa shape index (κ2) is 9.25. The lowest BCUT2D eigenvalue weighted by atomic mass is 9.91. The number of nitrogens with zero attached hydrogens (tertiary/aromatic N) is 3. The number of rotatable bonds is 7. The molecule has 1 aliphatic rings. The summed E-state index contributed by atoms with van der Waals surface area (Å²) < 4.78 is 38.8. The molecule has 1 amide bonds. The summed E-state index contributed by atoms with van der Waals surface area (Å²) in [5.41, 5.74) is 5.85. The predicted molar refractivity (Wildman–Crippen MR) is 107 cm³/mol. The van der Waals surface area contributed by atoms with Crippen molar-refractivity contribution in [2.24, 2.45) is 10.7 Å². The Bertz CT molecular complexity index is 894. The summed E-state index contributed by atoms with van der Waals surface area (Å²) in [5, 5.41) is 3.06. The van der Waals surface area contributed by atoms with Crippen LogP contribution in [0.2, 0.25) is 0 Å². The molecule has 0 saturated heterocycles. The number of halogens is 3. The highest BCUT2D eigenvalue weighted by Crippen LogP contribution is 2.30. The third-order valence-electron chi connectivity index (χ3n) is 4.61.